The minimum absolute atomic E-state index is 0.0226. The molecule has 0 fully saturated rings. The average molecular weight is 788 g/mol. The molecule has 0 saturated heterocycles. The molecule has 0 bridgehead atoms. The summed E-state index contributed by atoms with van der Waals surface area (Å²) < 4.78 is 39.5. The lowest BCUT2D eigenvalue weighted by atomic mass is 9.98. The number of carbonyl (C=O) groups excluding carboxylic acids is 2. The van der Waals surface area contributed by atoms with Crippen molar-refractivity contribution in [3.05, 3.63) is 70.1 Å². The summed E-state index contributed by atoms with van der Waals surface area (Å²) in [6.45, 7) is 15.0. The van der Waals surface area contributed by atoms with Crippen LogP contribution in [0.15, 0.2) is 53.6 Å². The quantitative estimate of drug-likeness (QED) is 0.0290. The molecular weight excluding hydrogens is 727 g/mol. The second-order valence-corrected chi connectivity index (χ2v) is 23.1. The molecule has 0 heterocycles. The van der Waals surface area contributed by atoms with Gasteiger partial charge in [0.15, 0.2) is 16.6 Å². The Morgan fingerprint density at radius 2 is 1.19 bits per heavy atom. The van der Waals surface area contributed by atoms with E-state index in [1.165, 1.54) is 22.3 Å². The molecule has 0 saturated carbocycles. The minimum atomic E-state index is -1.95. The zero-order chi connectivity index (χ0) is 38.9. The van der Waals surface area contributed by atoms with E-state index in [1.54, 1.807) is 0 Å². The van der Waals surface area contributed by atoms with Crippen LogP contribution in [0.1, 0.15) is 36.3 Å². The van der Waals surface area contributed by atoms with Crippen LogP contribution in [0.4, 0.5) is 4.79 Å². The molecule has 1 aliphatic rings. The largest absolute Gasteiger partial charge is 0.455 e. The Morgan fingerprint density at radius 3 is 1.74 bits per heavy atom. The third-order valence-corrected chi connectivity index (χ3v) is 16.3. The van der Waals surface area contributed by atoms with Crippen LogP contribution in [0, 0.1) is 0 Å². The van der Waals surface area contributed by atoms with Gasteiger partial charge in [-0.05, 0) is 78.9 Å². The lowest BCUT2D eigenvalue weighted by Crippen LogP contribution is -2.44. The Morgan fingerprint density at radius 1 is 0.685 bits per heavy atom. The summed E-state index contributed by atoms with van der Waals surface area (Å²) in [4.78, 5) is 27.6. The maximum atomic E-state index is 12.6. The van der Waals surface area contributed by atoms with Crippen LogP contribution in [0.3, 0.4) is 0 Å². The fraction of sp³-hybridized carbons (Fsp3) is 0.632. The summed E-state index contributed by atoms with van der Waals surface area (Å²) in [7, 11) is -3.90. The third kappa shape index (κ3) is 18.3. The van der Waals surface area contributed by atoms with Gasteiger partial charge in [0.05, 0.1) is 66.1 Å². The van der Waals surface area contributed by atoms with Gasteiger partial charge in [-0.3, -0.25) is 4.79 Å². The molecule has 14 nitrogen and oxygen atoms in total. The predicted molar refractivity (Wildman–Crippen MR) is 214 cm³/mol. The molecule has 0 radical (unpaired) electrons. The van der Waals surface area contributed by atoms with E-state index in [0.29, 0.717) is 98.7 Å². The highest BCUT2D eigenvalue weighted by molar-refractivity contribution is 6.84. The predicted octanol–water partition coefficient (Wildman–Crippen LogP) is 6.63. The van der Waals surface area contributed by atoms with Gasteiger partial charge in [0.2, 0.25) is 5.91 Å². The Hall–Kier alpha value is -3.32. The Kier molecular flexibility index (Phi) is 21.5. The number of benzene rings is 2. The minimum Gasteiger partial charge on any atom is -0.455 e. The molecule has 0 unspecified atom stereocenters. The van der Waals surface area contributed by atoms with E-state index in [-0.39, 0.29) is 17.9 Å². The van der Waals surface area contributed by atoms with Gasteiger partial charge in [-0.15, -0.1) is 0 Å². The number of ether oxygens (including phenoxy) is 6. The van der Waals surface area contributed by atoms with Gasteiger partial charge in [0.1, 0.15) is 6.61 Å². The highest BCUT2D eigenvalue weighted by Gasteiger charge is 2.33. The van der Waals surface area contributed by atoms with Gasteiger partial charge in [-0.25, -0.2) is 4.79 Å². The van der Waals surface area contributed by atoms with Crippen molar-refractivity contribution >= 4 is 28.6 Å². The van der Waals surface area contributed by atoms with Crippen LogP contribution in [-0.2, 0) is 37.3 Å². The van der Waals surface area contributed by atoms with E-state index in [0.717, 1.165) is 24.9 Å². The molecule has 2 amide bonds. The average Bonchev–Trinajstić information content (AvgIpc) is 3.46. The molecule has 1 aliphatic carbocycles. The molecular formula is C38H61N5O9Si2. The summed E-state index contributed by atoms with van der Waals surface area (Å²) in [5, 5.41) is 9.24. The molecule has 16 heteroatoms. The summed E-state index contributed by atoms with van der Waals surface area (Å²) in [6.07, 6.45) is 1.70. The Bertz CT molecular complexity index is 1400. The van der Waals surface area contributed by atoms with Crippen LogP contribution in [0.25, 0.3) is 21.6 Å². The zero-order valence-electron chi connectivity index (χ0n) is 32.6. The number of hydrogen-bond acceptors (Lipinski definition) is 10. The number of fused-ring (bicyclic) bond motifs is 3. The van der Waals surface area contributed by atoms with Crippen LogP contribution in [0.5, 0.6) is 0 Å². The smallest absolute Gasteiger partial charge is 0.407 e. The van der Waals surface area contributed by atoms with Crippen molar-refractivity contribution in [3.8, 4) is 11.1 Å². The molecule has 54 heavy (non-hydrogen) atoms. The first-order chi connectivity index (χ1) is 26.1. The molecule has 0 aromatic heterocycles. The van der Waals surface area contributed by atoms with E-state index < -0.39 is 16.6 Å². The van der Waals surface area contributed by atoms with Crippen molar-refractivity contribution in [2.45, 2.75) is 63.5 Å². The molecule has 0 spiro atoms. The lowest BCUT2D eigenvalue weighted by Gasteiger charge is -2.34. The first kappa shape index (κ1) is 45.1. The summed E-state index contributed by atoms with van der Waals surface area (Å²) in [5.74, 6) is 0.0686. The van der Waals surface area contributed by atoms with E-state index in [2.05, 4.69) is 71.1 Å². The number of alkyl carbamates (subject to hydrolysis) is 1. The first-order valence-corrected chi connectivity index (χ1v) is 25.3. The first-order valence-electron chi connectivity index (χ1n) is 19.1. The third-order valence-electron chi connectivity index (χ3n) is 8.76. The van der Waals surface area contributed by atoms with E-state index in [9.17, 15) is 9.59 Å². The van der Waals surface area contributed by atoms with Crippen LogP contribution in [0.2, 0.25) is 38.3 Å². The fourth-order valence-electron chi connectivity index (χ4n) is 6.36. The second kappa shape index (κ2) is 25.7. The molecule has 2 N–H and O–H groups in total. The zero-order valence-corrected chi connectivity index (χ0v) is 34.6. The van der Waals surface area contributed by atoms with Gasteiger partial charge >= 0.3 is 6.09 Å². The van der Waals surface area contributed by atoms with Gasteiger partial charge < -0.3 is 43.2 Å². The van der Waals surface area contributed by atoms with Gasteiger partial charge in [0, 0.05) is 36.9 Å². The Balaban J connectivity index is 1.12. The maximum Gasteiger partial charge on any atom is 0.407 e. The normalized spacial score (nSPS) is 12.5. The van der Waals surface area contributed by atoms with E-state index in [4.69, 9.17) is 38.1 Å². The van der Waals surface area contributed by atoms with Crippen molar-refractivity contribution in [2.24, 2.45) is 5.11 Å². The molecule has 300 valence electrons. The highest BCUT2D eigenvalue weighted by Crippen LogP contribution is 2.44. The van der Waals surface area contributed by atoms with Crippen molar-refractivity contribution in [1.29, 1.82) is 0 Å². The summed E-state index contributed by atoms with van der Waals surface area (Å²) in [5.41, 5.74) is 13.0. The summed E-state index contributed by atoms with van der Waals surface area (Å²) in [6, 6.07) is 18.5. The van der Waals surface area contributed by atoms with Crippen molar-refractivity contribution in [1.82, 2.24) is 10.6 Å². The van der Waals surface area contributed by atoms with Gasteiger partial charge in [-0.1, -0.05) is 53.6 Å². The van der Waals surface area contributed by atoms with Crippen molar-refractivity contribution < 1.29 is 42.1 Å². The second-order valence-electron chi connectivity index (χ2n) is 14.2. The molecule has 0 aliphatic heterocycles. The van der Waals surface area contributed by atoms with Crippen LogP contribution >= 0.6 is 0 Å². The van der Waals surface area contributed by atoms with Crippen LogP contribution in [-0.4, -0.2) is 121 Å². The number of amides is 2. The molecule has 3 rings (SSSR count). The highest BCUT2D eigenvalue weighted by atomic mass is 28.4. The lowest BCUT2D eigenvalue weighted by molar-refractivity contribution is -0.121. The molecule has 2 aromatic carbocycles. The SMILES string of the molecule is C[Si](C)(CCCNC(=O)OCC1c2ccccc2-c2ccccc21)O[Si](C)(C)CCCC(=O)NCCOCCOCCOCCOCCOCCN=[N+]=[N-]. The van der Waals surface area contributed by atoms with Crippen molar-refractivity contribution in [2.75, 3.05) is 92.3 Å². The summed E-state index contributed by atoms with van der Waals surface area (Å²) >= 11 is 0. The van der Waals surface area contributed by atoms with Gasteiger partial charge in [0.25, 0.3) is 0 Å². The fourth-order valence-corrected chi connectivity index (χ4v) is 15.2. The number of hydrogen-bond donors (Lipinski definition) is 2. The molecule has 2 aromatic rings. The van der Waals surface area contributed by atoms with Crippen molar-refractivity contribution in [3.63, 3.8) is 0 Å². The number of carbonyl (C=O) groups is 2. The van der Waals surface area contributed by atoms with E-state index in [1.807, 2.05) is 24.3 Å². The van der Waals surface area contributed by atoms with Crippen LogP contribution < -0.4 is 10.6 Å². The van der Waals surface area contributed by atoms with Gasteiger partial charge in [-0.2, -0.15) is 0 Å². The topological polar surface area (TPSA) is 172 Å². The standard InChI is InChI=1S/C38H61N5O9Si2/c1-53(2,29-9-15-37(44)40-17-19-46-21-23-48-25-27-50-28-26-49-24-22-47-20-18-42-43-39)52-54(3,4)30-10-16-41-38(45)51-31-36-34-13-7-5-11-32(34)33-12-6-8-14-35(33)36/h5-8,11-14,36H,9-10,15-31H2,1-4H3,(H,40,44)(H,41,45). The number of nitrogens with zero attached hydrogens (tertiary/aromatic N) is 3. The number of nitrogens with one attached hydrogen (secondary N) is 2. The Labute approximate surface area is 322 Å². The monoisotopic (exact) mass is 787 g/mol. The number of rotatable bonds is 30. The maximum absolute atomic E-state index is 12.6. The molecule has 0 atom stereocenters. The van der Waals surface area contributed by atoms with E-state index >= 15 is 0 Å². The number of azide groups is 1.